The minimum absolute atomic E-state index is 0.378. The molecule has 120 valence electrons. The summed E-state index contributed by atoms with van der Waals surface area (Å²) in [7, 11) is 2.16. The lowest BCUT2D eigenvalue weighted by molar-refractivity contribution is 0.119. The number of hydrogen-bond acceptors (Lipinski definition) is 3. The monoisotopic (exact) mass is 292 g/mol. The van der Waals surface area contributed by atoms with Crippen molar-refractivity contribution in [3.8, 4) is 0 Å². The second-order valence-electron chi connectivity index (χ2n) is 5.89. The largest absolute Gasteiger partial charge is 0.380 e. The predicted molar refractivity (Wildman–Crippen MR) is 90.9 cm³/mol. The van der Waals surface area contributed by atoms with Crippen LogP contribution < -0.4 is 5.32 Å². The Morgan fingerprint density at radius 1 is 1.10 bits per heavy atom. The van der Waals surface area contributed by atoms with Gasteiger partial charge in [0.25, 0.3) is 0 Å². The maximum Gasteiger partial charge on any atom is 0.0593 e. The summed E-state index contributed by atoms with van der Waals surface area (Å²) >= 11 is 0. The number of hydrogen-bond donors (Lipinski definition) is 1. The van der Waals surface area contributed by atoms with Crippen molar-refractivity contribution in [1.29, 1.82) is 0 Å². The van der Waals surface area contributed by atoms with Crippen LogP contribution in [-0.2, 0) is 4.74 Å². The molecule has 0 aliphatic heterocycles. The van der Waals surface area contributed by atoms with Crippen molar-refractivity contribution in [2.75, 3.05) is 39.9 Å². The van der Waals surface area contributed by atoms with E-state index < -0.39 is 0 Å². The van der Waals surface area contributed by atoms with E-state index in [1.54, 1.807) is 0 Å². The molecule has 1 aromatic rings. The van der Waals surface area contributed by atoms with Gasteiger partial charge in [0.05, 0.1) is 6.61 Å². The molecule has 1 atom stereocenters. The smallest absolute Gasteiger partial charge is 0.0593 e. The highest BCUT2D eigenvalue weighted by molar-refractivity contribution is 5.27. The lowest BCUT2D eigenvalue weighted by atomic mass is 9.99. The average molecular weight is 292 g/mol. The van der Waals surface area contributed by atoms with Gasteiger partial charge in [-0.15, -0.1) is 0 Å². The van der Waals surface area contributed by atoms with E-state index in [1.165, 1.54) is 11.1 Å². The quantitative estimate of drug-likeness (QED) is 0.669. The second kappa shape index (κ2) is 9.93. The Kier molecular flexibility index (Phi) is 8.58. The SMILES string of the molecule is CCNC(CN(C)CCOCC)c1ccc(C(C)C)cc1. The summed E-state index contributed by atoms with van der Waals surface area (Å²) in [6.07, 6.45) is 0. The molecular weight excluding hydrogens is 260 g/mol. The van der Waals surface area contributed by atoms with Crippen LogP contribution in [0.2, 0.25) is 0 Å². The third kappa shape index (κ3) is 6.60. The fourth-order valence-corrected chi connectivity index (χ4v) is 2.42. The van der Waals surface area contributed by atoms with Crippen molar-refractivity contribution in [2.45, 2.75) is 39.7 Å². The molecule has 1 rings (SSSR count). The molecule has 3 nitrogen and oxygen atoms in total. The molecule has 0 amide bonds. The minimum atomic E-state index is 0.378. The fraction of sp³-hybridized carbons (Fsp3) is 0.667. The molecule has 1 N–H and O–H groups in total. The molecule has 0 saturated carbocycles. The molecule has 21 heavy (non-hydrogen) atoms. The van der Waals surface area contributed by atoms with Crippen molar-refractivity contribution < 1.29 is 4.74 Å². The summed E-state index contributed by atoms with van der Waals surface area (Å²) in [4.78, 5) is 2.33. The number of nitrogens with one attached hydrogen (secondary N) is 1. The normalized spacial score (nSPS) is 13.1. The van der Waals surface area contributed by atoms with Crippen molar-refractivity contribution in [3.63, 3.8) is 0 Å². The van der Waals surface area contributed by atoms with Crippen molar-refractivity contribution in [3.05, 3.63) is 35.4 Å². The van der Waals surface area contributed by atoms with Gasteiger partial charge in [-0.25, -0.2) is 0 Å². The van der Waals surface area contributed by atoms with Gasteiger partial charge in [-0.05, 0) is 37.6 Å². The molecule has 0 aliphatic carbocycles. The Balaban J connectivity index is 2.63. The van der Waals surface area contributed by atoms with Gasteiger partial charge < -0.3 is 15.0 Å². The highest BCUT2D eigenvalue weighted by Gasteiger charge is 2.13. The van der Waals surface area contributed by atoms with E-state index in [2.05, 4.69) is 62.3 Å². The number of likely N-dealkylation sites (N-methyl/N-ethyl adjacent to an activating group) is 2. The zero-order valence-electron chi connectivity index (χ0n) is 14.4. The highest BCUT2D eigenvalue weighted by Crippen LogP contribution is 2.19. The average Bonchev–Trinajstić information content (AvgIpc) is 2.47. The van der Waals surface area contributed by atoms with E-state index in [1.807, 2.05) is 6.92 Å². The number of benzene rings is 1. The first kappa shape index (κ1) is 18.1. The Morgan fingerprint density at radius 3 is 2.24 bits per heavy atom. The first-order valence-electron chi connectivity index (χ1n) is 8.18. The van der Waals surface area contributed by atoms with Crippen LogP contribution in [0.3, 0.4) is 0 Å². The molecular formula is C18H32N2O. The maximum absolute atomic E-state index is 5.43. The van der Waals surface area contributed by atoms with Gasteiger partial charge in [0, 0.05) is 25.7 Å². The molecule has 0 bridgehead atoms. The van der Waals surface area contributed by atoms with Gasteiger partial charge in [-0.2, -0.15) is 0 Å². The lowest BCUT2D eigenvalue weighted by Gasteiger charge is -2.25. The Labute approximate surface area is 130 Å². The molecule has 0 aromatic heterocycles. The third-order valence-electron chi connectivity index (χ3n) is 3.77. The Hall–Kier alpha value is -0.900. The number of rotatable bonds is 10. The van der Waals surface area contributed by atoms with E-state index in [9.17, 15) is 0 Å². The summed E-state index contributed by atoms with van der Waals surface area (Å²) < 4.78 is 5.43. The zero-order valence-corrected chi connectivity index (χ0v) is 14.4. The van der Waals surface area contributed by atoms with Crippen LogP contribution in [0.4, 0.5) is 0 Å². The van der Waals surface area contributed by atoms with Gasteiger partial charge in [-0.1, -0.05) is 45.0 Å². The minimum Gasteiger partial charge on any atom is -0.380 e. The molecule has 0 heterocycles. The molecule has 0 spiro atoms. The van der Waals surface area contributed by atoms with Crippen LogP contribution in [-0.4, -0.2) is 44.8 Å². The van der Waals surface area contributed by atoms with Crippen LogP contribution >= 0.6 is 0 Å². The molecule has 0 fully saturated rings. The first-order valence-corrected chi connectivity index (χ1v) is 8.18. The van der Waals surface area contributed by atoms with E-state index in [4.69, 9.17) is 4.74 Å². The van der Waals surface area contributed by atoms with E-state index >= 15 is 0 Å². The third-order valence-corrected chi connectivity index (χ3v) is 3.77. The van der Waals surface area contributed by atoms with Crippen molar-refractivity contribution >= 4 is 0 Å². The molecule has 0 aliphatic rings. The number of nitrogens with zero attached hydrogens (tertiary/aromatic N) is 1. The van der Waals surface area contributed by atoms with E-state index in [0.29, 0.717) is 12.0 Å². The van der Waals surface area contributed by atoms with Gasteiger partial charge in [0.1, 0.15) is 0 Å². The molecule has 1 unspecified atom stereocenters. The van der Waals surface area contributed by atoms with E-state index in [-0.39, 0.29) is 0 Å². The van der Waals surface area contributed by atoms with Gasteiger partial charge >= 0.3 is 0 Å². The topological polar surface area (TPSA) is 24.5 Å². The lowest BCUT2D eigenvalue weighted by Crippen LogP contribution is -2.34. The highest BCUT2D eigenvalue weighted by atomic mass is 16.5. The van der Waals surface area contributed by atoms with Crippen LogP contribution in [0.25, 0.3) is 0 Å². The maximum atomic E-state index is 5.43. The summed E-state index contributed by atoms with van der Waals surface area (Å²) in [5.74, 6) is 0.588. The fourth-order valence-electron chi connectivity index (χ4n) is 2.42. The van der Waals surface area contributed by atoms with E-state index in [0.717, 1.165) is 32.8 Å². The van der Waals surface area contributed by atoms with Crippen molar-refractivity contribution in [1.82, 2.24) is 10.2 Å². The van der Waals surface area contributed by atoms with Crippen LogP contribution in [0.5, 0.6) is 0 Å². The van der Waals surface area contributed by atoms with Crippen molar-refractivity contribution in [2.24, 2.45) is 0 Å². The van der Waals surface area contributed by atoms with Gasteiger partial charge in [0.15, 0.2) is 0 Å². The molecule has 3 heteroatoms. The summed E-state index contributed by atoms with van der Waals surface area (Å²) in [6.45, 7) is 13.2. The summed E-state index contributed by atoms with van der Waals surface area (Å²) in [5.41, 5.74) is 2.77. The molecule has 0 radical (unpaired) electrons. The molecule has 0 saturated heterocycles. The van der Waals surface area contributed by atoms with Gasteiger partial charge in [-0.3, -0.25) is 0 Å². The summed E-state index contributed by atoms with van der Waals surface area (Å²) in [6, 6.07) is 9.41. The van der Waals surface area contributed by atoms with Crippen LogP contribution in [0.1, 0.15) is 50.8 Å². The second-order valence-corrected chi connectivity index (χ2v) is 5.89. The van der Waals surface area contributed by atoms with Crippen LogP contribution in [0, 0.1) is 0 Å². The standard InChI is InChI=1S/C18H32N2O/c1-6-19-18(14-20(5)12-13-21-7-2)17-10-8-16(9-11-17)15(3)4/h8-11,15,18-19H,6-7,12-14H2,1-5H3. The first-order chi connectivity index (χ1) is 10.1. The Morgan fingerprint density at radius 2 is 1.71 bits per heavy atom. The zero-order chi connectivity index (χ0) is 15.7. The Bertz CT molecular complexity index is 375. The predicted octanol–water partition coefficient (Wildman–Crippen LogP) is 3.43. The van der Waals surface area contributed by atoms with Crippen LogP contribution in [0.15, 0.2) is 24.3 Å². The molecule has 1 aromatic carbocycles. The van der Waals surface area contributed by atoms with Gasteiger partial charge in [0.2, 0.25) is 0 Å². The number of ether oxygens (including phenoxy) is 1. The summed E-state index contributed by atoms with van der Waals surface area (Å²) in [5, 5.41) is 3.59.